The zero-order valence-electron chi connectivity index (χ0n) is 18.0. The van der Waals surface area contributed by atoms with Gasteiger partial charge in [-0.25, -0.2) is 9.38 Å². The standard InChI is InChI=1S/C25H19Cl2FN2O3S/c1-2-32-21-12-16(11-20(27)23(21)33-14-15-3-7-18(28)8-4-15)13-22-24(31)30-25(34-22)29-19-9-5-17(26)6-10-19/h3-13H,2,14H2,1H3,(H,29,30,31)/b22-13-. The average Bonchev–Trinajstić information content (AvgIpc) is 3.14. The highest BCUT2D eigenvalue weighted by Gasteiger charge is 2.24. The second-order valence-corrected chi connectivity index (χ2v) is 9.01. The van der Waals surface area contributed by atoms with Crippen LogP contribution in [0.4, 0.5) is 10.1 Å². The van der Waals surface area contributed by atoms with Gasteiger partial charge in [-0.1, -0.05) is 35.3 Å². The lowest BCUT2D eigenvalue weighted by Crippen LogP contribution is -2.19. The number of halogens is 3. The molecule has 0 atom stereocenters. The minimum absolute atomic E-state index is 0.198. The van der Waals surface area contributed by atoms with Crippen molar-refractivity contribution < 1.29 is 18.7 Å². The molecule has 0 aromatic heterocycles. The highest BCUT2D eigenvalue weighted by molar-refractivity contribution is 8.18. The molecule has 4 rings (SSSR count). The first kappa shape index (κ1) is 24.1. The van der Waals surface area contributed by atoms with Gasteiger partial charge in [0.2, 0.25) is 0 Å². The normalized spacial score (nSPS) is 15.6. The van der Waals surface area contributed by atoms with Crippen LogP contribution < -0.4 is 14.8 Å². The van der Waals surface area contributed by atoms with E-state index in [1.807, 2.05) is 6.92 Å². The second-order valence-electron chi connectivity index (χ2n) is 7.14. The smallest absolute Gasteiger partial charge is 0.264 e. The van der Waals surface area contributed by atoms with Crippen molar-refractivity contribution >= 4 is 57.8 Å². The zero-order valence-corrected chi connectivity index (χ0v) is 20.3. The fourth-order valence-corrected chi connectivity index (χ4v) is 4.32. The van der Waals surface area contributed by atoms with Crippen LogP contribution in [0.25, 0.3) is 6.08 Å². The van der Waals surface area contributed by atoms with E-state index in [0.29, 0.717) is 49.5 Å². The van der Waals surface area contributed by atoms with Crippen molar-refractivity contribution in [2.45, 2.75) is 13.5 Å². The molecule has 0 bridgehead atoms. The molecule has 1 heterocycles. The monoisotopic (exact) mass is 516 g/mol. The van der Waals surface area contributed by atoms with E-state index in [-0.39, 0.29) is 18.3 Å². The van der Waals surface area contributed by atoms with Crippen LogP contribution in [0.2, 0.25) is 10.0 Å². The van der Waals surface area contributed by atoms with Gasteiger partial charge in [-0.05, 0) is 84.4 Å². The maximum Gasteiger partial charge on any atom is 0.264 e. The molecule has 1 aliphatic heterocycles. The summed E-state index contributed by atoms with van der Waals surface area (Å²) in [7, 11) is 0. The number of hydrogen-bond donors (Lipinski definition) is 1. The first-order valence-electron chi connectivity index (χ1n) is 10.3. The van der Waals surface area contributed by atoms with Crippen molar-refractivity contribution in [3.63, 3.8) is 0 Å². The van der Waals surface area contributed by atoms with Gasteiger partial charge in [-0.15, -0.1) is 0 Å². The summed E-state index contributed by atoms with van der Waals surface area (Å²) < 4.78 is 24.7. The Morgan fingerprint density at radius 2 is 1.79 bits per heavy atom. The molecule has 3 aromatic carbocycles. The Morgan fingerprint density at radius 3 is 2.50 bits per heavy atom. The highest BCUT2D eigenvalue weighted by atomic mass is 35.5. The zero-order chi connectivity index (χ0) is 24.1. The van der Waals surface area contributed by atoms with Gasteiger partial charge in [0.1, 0.15) is 12.4 Å². The summed E-state index contributed by atoms with van der Waals surface area (Å²) in [6.45, 7) is 2.45. The number of nitrogens with one attached hydrogen (secondary N) is 1. The van der Waals surface area contributed by atoms with Gasteiger partial charge in [0.15, 0.2) is 16.7 Å². The number of nitrogens with zero attached hydrogens (tertiary/aromatic N) is 1. The maximum absolute atomic E-state index is 13.1. The Bertz CT molecular complexity index is 1260. The molecular formula is C25H19Cl2FN2O3S. The summed E-state index contributed by atoms with van der Waals surface area (Å²) in [5.74, 6) is 0.249. The molecule has 0 aliphatic carbocycles. The molecule has 3 aromatic rings. The Morgan fingerprint density at radius 1 is 1.06 bits per heavy atom. The van der Waals surface area contributed by atoms with Crippen molar-refractivity contribution in [1.29, 1.82) is 0 Å². The van der Waals surface area contributed by atoms with Crippen LogP contribution >= 0.6 is 35.0 Å². The predicted octanol–water partition coefficient (Wildman–Crippen LogP) is 7.00. The summed E-state index contributed by atoms with van der Waals surface area (Å²) >= 11 is 13.6. The molecule has 1 fully saturated rings. The quantitative estimate of drug-likeness (QED) is 0.343. The molecule has 5 nitrogen and oxygen atoms in total. The molecule has 0 radical (unpaired) electrons. The van der Waals surface area contributed by atoms with Crippen LogP contribution in [0.3, 0.4) is 0 Å². The van der Waals surface area contributed by atoms with E-state index in [2.05, 4.69) is 10.3 Å². The van der Waals surface area contributed by atoms with E-state index in [1.54, 1.807) is 54.6 Å². The maximum atomic E-state index is 13.1. The molecule has 0 spiro atoms. The minimum atomic E-state index is -0.315. The summed E-state index contributed by atoms with van der Waals surface area (Å²) in [5.41, 5.74) is 2.14. The van der Waals surface area contributed by atoms with Gasteiger partial charge in [0, 0.05) is 5.02 Å². The number of aliphatic imine (C=N–C) groups is 1. The molecular weight excluding hydrogens is 498 g/mol. The van der Waals surface area contributed by atoms with E-state index in [9.17, 15) is 9.18 Å². The minimum Gasteiger partial charge on any atom is -0.490 e. The molecule has 1 N–H and O–H groups in total. The number of carbonyl (C=O) groups excluding carboxylic acids is 1. The topological polar surface area (TPSA) is 59.9 Å². The fourth-order valence-electron chi connectivity index (χ4n) is 3.08. The summed E-state index contributed by atoms with van der Waals surface area (Å²) in [4.78, 5) is 17.4. The number of ether oxygens (including phenoxy) is 2. The van der Waals surface area contributed by atoms with Crippen molar-refractivity contribution in [2.24, 2.45) is 4.99 Å². The molecule has 1 amide bonds. The molecule has 174 valence electrons. The Hall–Kier alpha value is -3.00. The number of benzene rings is 3. The SMILES string of the molecule is CCOc1cc(/C=C2\SC(=Nc3ccc(Cl)cc3)NC2=O)cc(Cl)c1OCc1ccc(F)cc1. The number of amides is 1. The van der Waals surface area contributed by atoms with E-state index in [0.717, 1.165) is 5.56 Å². The van der Waals surface area contributed by atoms with Crippen LogP contribution in [0.5, 0.6) is 11.5 Å². The van der Waals surface area contributed by atoms with Crippen molar-refractivity contribution in [1.82, 2.24) is 5.32 Å². The van der Waals surface area contributed by atoms with Crippen LogP contribution in [-0.2, 0) is 11.4 Å². The Labute approximate surface area is 210 Å². The summed E-state index contributed by atoms with van der Waals surface area (Å²) in [5, 5.41) is 4.16. The molecule has 1 aliphatic rings. The van der Waals surface area contributed by atoms with Gasteiger partial charge in [-0.2, -0.15) is 0 Å². The van der Waals surface area contributed by atoms with E-state index in [4.69, 9.17) is 32.7 Å². The van der Waals surface area contributed by atoms with Crippen molar-refractivity contribution in [2.75, 3.05) is 6.61 Å². The van der Waals surface area contributed by atoms with Crippen LogP contribution in [-0.4, -0.2) is 17.7 Å². The largest absolute Gasteiger partial charge is 0.490 e. The number of hydrogen-bond acceptors (Lipinski definition) is 5. The Kier molecular flexibility index (Phi) is 7.77. The van der Waals surface area contributed by atoms with Crippen LogP contribution in [0, 0.1) is 5.82 Å². The lowest BCUT2D eigenvalue weighted by Gasteiger charge is -2.14. The first-order valence-corrected chi connectivity index (χ1v) is 11.9. The lowest BCUT2D eigenvalue weighted by molar-refractivity contribution is -0.115. The van der Waals surface area contributed by atoms with Crippen LogP contribution in [0.1, 0.15) is 18.1 Å². The van der Waals surface area contributed by atoms with Crippen molar-refractivity contribution in [3.8, 4) is 11.5 Å². The van der Waals surface area contributed by atoms with E-state index in [1.165, 1.54) is 23.9 Å². The average molecular weight is 517 g/mol. The van der Waals surface area contributed by atoms with Gasteiger partial charge < -0.3 is 14.8 Å². The van der Waals surface area contributed by atoms with Gasteiger partial charge in [0.05, 0.1) is 22.2 Å². The number of amidine groups is 1. The molecule has 9 heteroatoms. The molecule has 1 saturated heterocycles. The lowest BCUT2D eigenvalue weighted by atomic mass is 10.1. The second kappa shape index (κ2) is 11.0. The van der Waals surface area contributed by atoms with Gasteiger partial charge in [0.25, 0.3) is 5.91 Å². The number of carbonyl (C=O) groups is 1. The molecule has 0 unspecified atom stereocenters. The third-order valence-electron chi connectivity index (χ3n) is 4.63. The number of rotatable bonds is 7. The van der Waals surface area contributed by atoms with E-state index >= 15 is 0 Å². The first-order chi connectivity index (χ1) is 16.4. The summed E-state index contributed by atoms with van der Waals surface area (Å²) in [6, 6.07) is 16.5. The van der Waals surface area contributed by atoms with E-state index < -0.39 is 0 Å². The highest BCUT2D eigenvalue weighted by Crippen LogP contribution is 2.39. The Balaban J connectivity index is 1.54. The third-order valence-corrected chi connectivity index (χ3v) is 6.08. The predicted molar refractivity (Wildman–Crippen MR) is 136 cm³/mol. The van der Waals surface area contributed by atoms with Gasteiger partial charge >= 0.3 is 0 Å². The number of thioether (sulfide) groups is 1. The van der Waals surface area contributed by atoms with Gasteiger partial charge in [-0.3, -0.25) is 4.79 Å². The van der Waals surface area contributed by atoms with Crippen molar-refractivity contribution in [3.05, 3.63) is 92.6 Å². The molecule has 34 heavy (non-hydrogen) atoms. The molecule has 0 saturated carbocycles. The van der Waals surface area contributed by atoms with Crippen LogP contribution in [0.15, 0.2) is 70.6 Å². The fraction of sp³-hybridized carbons (Fsp3) is 0.120. The summed E-state index contributed by atoms with van der Waals surface area (Å²) in [6.07, 6.45) is 1.71. The third kappa shape index (κ3) is 6.11.